The van der Waals surface area contributed by atoms with Crippen LogP contribution in [0.4, 0.5) is 8.78 Å². The van der Waals surface area contributed by atoms with Crippen LogP contribution in [-0.4, -0.2) is 62.5 Å². The second-order valence-electron chi connectivity index (χ2n) is 10.4. The van der Waals surface area contributed by atoms with Crippen molar-refractivity contribution in [2.24, 2.45) is 0 Å². The number of hydrogen-bond donors (Lipinski definition) is 3. The number of carbonyl (C=O) groups is 1. The van der Waals surface area contributed by atoms with Crippen molar-refractivity contribution in [3.8, 4) is 11.5 Å². The number of fused-ring (bicyclic) bond motifs is 1. The third-order valence-electron chi connectivity index (χ3n) is 7.08. The van der Waals surface area contributed by atoms with Crippen LogP contribution in [0.1, 0.15) is 36.2 Å². The van der Waals surface area contributed by atoms with Crippen molar-refractivity contribution in [3.05, 3.63) is 87.8 Å². The smallest absolute Gasteiger partial charge is 0.350 e. The first-order chi connectivity index (χ1) is 22.3. The fourth-order valence-electron chi connectivity index (χ4n) is 4.75. The normalized spacial score (nSPS) is 19.8. The molecular weight excluding hydrogens is 665 g/mol. The van der Waals surface area contributed by atoms with Crippen molar-refractivity contribution in [3.63, 3.8) is 0 Å². The molecular formula is C30H32F2N2O13P-. The number of carbonyl (C=O) groups excluding carboxylic acids is 1. The van der Waals surface area contributed by atoms with Gasteiger partial charge < -0.3 is 47.9 Å². The van der Waals surface area contributed by atoms with Crippen LogP contribution < -0.4 is 20.1 Å². The van der Waals surface area contributed by atoms with Crippen molar-refractivity contribution < 1.29 is 66.0 Å². The number of phosphoric acid groups is 1. The van der Waals surface area contributed by atoms with E-state index in [1.54, 1.807) is 42.5 Å². The molecule has 1 unspecified atom stereocenters. The summed E-state index contributed by atoms with van der Waals surface area (Å²) in [5, 5.41) is 20.2. The molecule has 2 aromatic heterocycles. The lowest BCUT2D eigenvalue weighted by atomic mass is 10.1. The zero-order valence-corrected chi connectivity index (χ0v) is 25.4. The number of rotatable bonds is 13. The highest BCUT2D eigenvalue weighted by atomic mass is 31.2. The van der Waals surface area contributed by atoms with Gasteiger partial charge in [0.1, 0.15) is 42.2 Å². The van der Waals surface area contributed by atoms with Crippen molar-refractivity contribution in [2.45, 2.75) is 58.0 Å². The summed E-state index contributed by atoms with van der Waals surface area (Å²) in [6, 6.07) is 13.0. The Morgan fingerprint density at radius 2 is 1.88 bits per heavy atom. The molecule has 4 atom stereocenters. The number of furan rings is 1. The van der Waals surface area contributed by atoms with Gasteiger partial charge in [-0.25, -0.2) is 4.79 Å². The summed E-state index contributed by atoms with van der Waals surface area (Å²) in [4.78, 5) is 47.9. The van der Waals surface area contributed by atoms with Crippen LogP contribution in [0, 0.1) is 0 Å². The molecule has 260 valence electrons. The standard InChI is InChI=1S/C29H29F2N2O13P.CH4/c1-41-21-8-17-9-22(45-25(17)18(10-21)12-34)14-42-20-4-2-16(3-5-20)13-43-24(35)11-19-6-7-33(28(37)32-19)27-29(30,31)26(36)23(46-27)15-44-47(38,39)40;/h2-10,23,26-27,34,36H,11-15H2,1H3,(H2,38,39,40);1H4/p-1/t23-,26-,27-;/m1./s1. The second kappa shape index (κ2) is 14.9. The predicted octanol–water partition coefficient (Wildman–Crippen LogP) is 2.36. The number of phosphoric ester groups is 1. The molecule has 0 amide bonds. The van der Waals surface area contributed by atoms with Gasteiger partial charge in [0, 0.05) is 17.1 Å². The molecule has 48 heavy (non-hydrogen) atoms. The van der Waals surface area contributed by atoms with Crippen molar-refractivity contribution >= 4 is 24.8 Å². The first-order valence-corrected chi connectivity index (χ1v) is 15.3. The molecule has 0 radical (unpaired) electrons. The Kier molecular flexibility index (Phi) is 11.4. The van der Waals surface area contributed by atoms with Gasteiger partial charge in [-0.3, -0.25) is 13.9 Å². The lowest BCUT2D eigenvalue weighted by molar-refractivity contribution is -0.223. The molecule has 2 aromatic carbocycles. The van der Waals surface area contributed by atoms with Gasteiger partial charge in [-0.15, -0.1) is 0 Å². The van der Waals surface area contributed by atoms with E-state index in [2.05, 4.69) is 9.51 Å². The SMILES string of the molecule is C.COc1cc(CO)c2oc(COc3ccc(COC(=O)Cc4ccn([C@@H]5O[C@H](COP(=O)([O-])O)[C@@H](O)C5(F)F)c(=O)n4)cc3)cc2c1. The summed E-state index contributed by atoms with van der Waals surface area (Å²) in [7, 11) is -3.76. The summed E-state index contributed by atoms with van der Waals surface area (Å²) < 4.78 is 71.4. The Morgan fingerprint density at radius 1 is 1.15 bits per heavy atom. The Morgan fingerprint density at radius 3 is 2.52 bits per heavy atom. The molecule has 1 fully saturated rings. The zero-order valence-electron chi connectivity index (χ0n) is 24.5. The van der Waals surface area contributed by atoms with Gasteiger partial charge in [-0.2, -0.15) is 13.8 Å². The molecule has 3 heterocycles. The summed E-state index contributed by atoms with van der Waals surface area (Å²) in [5.41, 5.74) is 0.396. The van der Waals surface area contributed by atoms with Crippen LogP contribution in [0.3, 0.4) is 0 Å². The van der Waals surface area contributed by atoms with Gasteiger partial charge in [-0.05, 0) is 42.0 Å². The summed E-state index contributed by atoms with van der Waals surface area (Å²) >= 11 is 0. The van der Waals surface area contributed by atoms with E-state index in [4.69, 9.17) is 28.3 Å². The van der Waals surface area contributed by atoms with Gasteiger partial charge in [0.15, 0.2) is 6.10 Å². The van der Waals surface area contributed by atoms with Crippen LogP contribution in [-0.2, 0) is 49.6 Å². The highest BCUT2D eigenvalue weighted by Gasteiger charge is 2.59. The van der Waals surface area contributed by atoms with Gasteiger partial charge in [0.05, 0.1) is 32.4 Å². The Balaban J connectivity index is 0.00000520. The average molecular weight is 698 g/mol. The Labute approximate surface area is 271 Å². The fourth-order valence-corrected chi connectivity index (χ4v) is 5.09. The van der Waals surface area contributed by atoms with Gasteiger partial charge in [0.2, 0.25) is 6.23 Å². The van der Waals surface area contributed by atoms with Crippen molar-refractivity contribution in [1.82, 2.24) is 9.55 Å². The number of aliphatic hydroxyl groups is 2. The minimum Gasteiger partial charge on any atom is -0.756 e. The number of aliphatic hydroxyl groups excluding tert-OH is 2. The molecule has 0 bridgehead atoms. The molecule has 15 nitrogen and oxygen atoms in total. The van der Waals surface area contributed by atoms with E-state index >= 15 is 0 Å². The zero-order chi connectivity index (χ0) is 33.9. The van der Waals surface area contributed by atoms with E-state index in [1.165, 1.54) is 7.11 Å². The van der Waals surface area contributed by atoms with Crippen LogP contribution in [0.15, 0.2) is 63.9 Å². The van der Waals surface area contributed by atoms with Gasteiger partial charge >= 0.3 is 17.6 Å². The van der Waals surface area contributed by atoms with Gasteiger partial charge in [-0.1, -0.05) is 19.6 Å². The molecule has 4 aromatic rings. The fraction of sp³-hybridized carbons (Fsp3) is 0.367. The minimum absolute atomic E-state index is 0. The number of halogens is 2. The first kappa shape index (κ1) is 36.6. The summed E-state index contributed by atoms with van der Waals surface area (Å²) in [6.07, 6.45) is -6.41. The first-order valence-electron chi connectivity index (χ1n) is 13.8. The maximum Gasteiger partial charge on any atom is 0.350 e. The molecule has 0 saturated carbocycles. The van der Waals surface area contributed by atoms with Crippen molar-refractivity contribution in [2.75, 3.05) is 13.7 Å². The lowest BCUT2D eigenvalue weighted by Crippen LogP contribution is -2.42. The van der Waals surface area contributed by atoms with Crippen molar-refractivity contribution in [1.29, 1.82) is 0 Å². The van der Waals surface area contributed by atoms with Crippen LogP contribution in [0.25, 0.3) is 11.0 Å². The molecule has 0 aliphatic carbocycles. The average Bonchev–Trinajstić information content (AvgIpc) is 3.54. The number of methoxy groups -OCH3 is 1. The molecule has 18 heteroatoms. The number of alkyl halides is 2. The maximum absolute atomic E-state index is 14.6. The third-order valence-corrected chi connectivity index (χ3v) is 7.55. The lowest BCUT2D eigenvalue weighted by Gasteiger charge is -2.21. The number of nitrogens with zero attached hydrogens (tertiary/aromatic N) is 2. The van der Waals surface area contributed by atoms with E-state index in [1.807, 2.05) is 0 Å². The van der Waals surface area contributed by atoms with Gasteiger partial charge in [0.25, 0.3) is 7.82 Å². The summed E-state index contributed by atoms with van der Waals surface area (Å²) in [6.45, 7) is -1.37. The molecule has 3 N–H and O–H groups in total. The van der Waals surface area contributed by atoms with E-state index in [-0.39, 0.29) is 32.9 Å². The van der Waals surface area contributed by atoms with E-state index in [0.29, 0.717) is 38.5 Å². The maximum atomic E-state index is 14.6. The largest absolute Gasteiger partial charge is 0.756 e. The number of benzene rings is 2. The van der Waals surface area contributed by atoms with E-state index < -0.39 is 56.9 Å². The van der Waals surface area contributed by atoms with E-state index in [9.17, 15) is 38.0 Å². The topological polar surface area (TPSA) is 212 Å². The monoisotopic (exact) mass is 697 g/mol. The number of aromatic nitrogens is 2. The molecule has 1 saturated heterocycles. The molecule has 1 aliphatic rings. The van der Waals surface area contributed by atoms with Crippen LogP contribution in [0.5, 0.6) is 11.5 Å². The quantitative estimate of drug-likeness (QED) is 0.135. The highest BCUT2D eigenvalue weighted by Crippen LogP contribution is 2.43. The molecule has 1 aliphatic heterocycles. The second-order valence-corrected chi connectivity index (χ2v) is 11.6. The summed E-state index contributed by atoms with van der Waals surface area (Å²) in [5.74, 6) is -3.20. The molecule has 5 rings (SSSR count). The van der Waals surface area contributed by atoms with Crippen LogP contribution in [0.2, 0.25) is 0 Å². The molecule has 0 spiro atoms. The van der Waals surface area contributed by atoms with Crippen LogP contribution >= 0.6 is 7.82 Å². The highest BCUT2D eigenvalue weighted by molar-refractivity contribution is 7.44. The number of ether oxygens (including phenoxy) is 4. The number of hydrogen-bond acceptors (Lipinski definition) is 13. The number of esters is 1. The third kappa shape index (κ3) is 8.43. The van der Waals surface area contributed by atoms with E-state index in [0.717, 1.165) is 17.6 Å². The Bertz CT molecular complexity index is 1840. The minimum atomic E-state index is -5.29. The predicted molar refractivity (Wildman–Crippen MR) is 159 cm³/mol. The Hall–Kier alpha value is -4.22.